The molecule has 0 saturated carbocycles. The predicted molar refractivity (Wildman–Crippen MR) is 108 cm³/mol. The summed E-state index contributed by atoms with van der Waals surface area (Å²) in [6, 6.07) is 0. The number of hydrogen-bond donors (Lipinski definition) is 2. The summed E-state index contributed by atoms with van der Waals surface area (Å²) in [5.74, 6) is 0.710. The van der Waals surface area contributed by atoms with Crippen molar-refractivity contribution >= 4 is 61.1 Å². The molecular formula is C16H36O4S2Sn. The molecule has 0 aliphatic rings. The first-order valence-corrected chi connectivity index (χ1v) is 9.12. The summed E-state index contributed by atoms with van der Waals surface area (Å²) in [5.41, 5.74) is 0. The average Bonchev–Trinajstić information content (AvgIpc) is 2.51. The van der Waals surface area contributed by atoms with Gasteiger partial charge in [-0.3, -0.25) is 9.59 Å². The van der Waals surface area contributed by atoms with Gasteiger partial charge in [0, 0.05) is 49.3 Å². The van der Waals surface area contributed by atoms with Crippen LogP contribution in [0.3, 0.4) is 0 Å². The molecule has 0 aromatic carbocycles. The second kappa shape index (κ2) is 38.2. The van der Waals surface area contributed by atoms with Gasteiger partial charge in [-0.2, -0.15) is 25.3 Å². The molecule has 0 N–H and O–H groups in total. The first-order chi connectivity index (χ1) is 10.4. The Labute approximate surface area is 171 Å². The molecule has 0 spiro atoms. The fourth-order valence-electron chi connectivity index (χ4n) is 0.379. The first-order valence-electron chi connectivity index (χ1n) is 7.85. The van der Waals surface area contributed by atoms with Crippen LogP contribution in [0.15, 0.2) is 0 Å². The van der Waals surface area contributed by atoms with Crippen molar-refractivity contribution in [3.63, 3.8) is 0 Å². The van der Waals surface area contributed by atoms with Crippen molar-refractivity contribution in [2.75, 3.05) is 24.7 Å². The van der Waals surface area contributed by atoms with E-state index in [2.05, 4.69) is 62.4 Å². The van der Waals surface area contributed by atoms with Gasteiger partial charge < -0.3 is 9.47 Å². The molecule has 23 heavy (non-hydrogen) atoms. The fraction of sp³-hybridized carbons (Fsp3) is 0.875. The van der Waals surface area contributed by atoms with Crippen molar-refractivity contribution < 1.29 is 19.1 Å². The van der Waals surface area contributed by atoms with Crippen LogP contribution in [0.1, 0.15) is 67.2 Å². The van der Waals surface area contributed by atoms with Crippen LogP contribution in [-0.4, -0.2) is 60.6 Å². The van der Waals surface area contributed by atoms with Gasteiger partial charge in [0.2, 0.25) is 0 Å². The quantitative estimate of drug-likeness (QED) is 0.344. The minimum atomic E-state index is -0.242. The van der Waals surface area contributed by atoms with E-state index in [4.69, 9.17) is 0 Å². The van der Waals surface area contributed by atoms with E-state index in [9.17, 15) is 9.59 Å². The number of hydrogen-bond acceptors (Lipinski definition) is 6. The smallest absolute Gasteiger partial charge is 0.302 e. The maximum absolute atomic E-state index is 9.95. The Balaban J connectivity index is -0.0000000639. The molecule has 4 radical (unpaired) electrons. The number of rotatable bonds is 6. The van der Waals surface area contributed by atoms with Crippen molar-refractivity contribution in [1.29, 1.82) is 0 Å². The molecule has 4 nitrogen and oxygen atoms in total. The van der Waals surface area contributed by atoms with E-state index < -0.39 is 0 Å². The molecule has 0 amide bonds. The molecular weight excluding hydrogens is 439 g/mol. The van der Waals surface area contributed by atoms with Gasteiger partial charge in [0.05, 0.1) is 0 Å². The molecule has 140 valence electrons. The van der Waals surface area contributed by atoms with Crippen molar-refractivity contribution in [2.24, 2.45) is 0 Å². The summed E-state index contributed by atoms with van der Waals surface area (Å²) in [6.07, 6.45) is 5.28. The zero-order valence-corrected chi connectivity index (χ0v) is 20.3. The third kappa shape index (κ3) is 86.0. The Morgan fingerprint density at radius 1 is 0.696 bits per heavy atom. The van der Waals surface area contributed by atoms with E-state index in [1.54, 1.807) is 0 Å². The average molecular weight is 475 g/mol. The topological polar surface area (TPSA) is 52.6 Å². The third-order valence-corrected chi connectivity index (χ3v) is 2.16. The van der Waals surface area contributed by atoms with Crippen LogP contribution in [0.25, 0.3) is 0 Å². The van der Waals surface area contributed by atoms with E-state index in [1.807, 2.05) is 0 Å². The minimum Gasteiger partial charge on any atom is -0.465 e. The van der Waals surface area contributed by atoms with E-state index in [0.717, 1.165) is 0 Å². The molecule has 0 fully saturated rings. The van der Waals surface area contributed by atoms with E-state index in [1.165, 1.54) is 39.5 Å². The second-order valence-electron chi connectivity index (χ2n) is 4.13. The van der Waals surface area contributed by atoms with Gasteiger partial charge in [0.1, 0.15) is 13.2 Å². The zero-order valence-electron chi connectivity index (χ0n) is 15.7. The van der Waals surface area contributed by atoms with Crippen LogP contribution >= 0.6 is 25.3 Å². The SMILES string of the molecule is CC(=O)OCCS.CC(=O)OCCS.CCCC.CCCC.[Sn]. The van der Waals surface area contributed by atoms with Gasteiger partial charge in [-0.25, -0.2) is 0 Å². The molecule has 0 unspecified atom stereocenters. The van der Waals surface area contributed by atoms with Crippen LogP contribution < -0.4 is 0 Å². The molecule has 0 aromatic heterocycles. The van der Waals surface area contributed by atoms with Crippen LogP contribution in [0.4, 0.5) is 0 Å². The molecule has 0 aliphatic carbocycles. The second-order valence-corrected chi connectivity index (χ2v) is 5.02. The molecule has 0 atom stereocenters. The Morgan fingerprint density at radius 2 is 0.913 bits per heavy atom. The Bertz CT molecular complexity index is 192. The van der Waals surface area contributed by atoms with Gasteiger partial charge in [-0.15, -0.1) is 0 Å². The molecule has 7 heteroatoms. The van der Waals surface area contributed by atoms with Crippen molar-refractivity contribution in [3.8, 4) is 0 Å². The van der Waals surface area contributed by atoms with Crippen molar-refractivity contribution in [1.82, 2.24) is 0 Å². The number of thiol groups is 2. The van der Waals surface area contributed by atoms with Crippen LogP contribution in [0.2, 0.25) is 0 Å². The molecule has 0 heterocycles. The van der Waals surface area contributed by atoms with Gasteiger partial charge in [-0.05, 0) is 0 Å². The normalized spacial score (nSPS) is 7.65. The van der Waals surface area contributed by atoms with Gasteiger partial charge in [0.25, 0.3) is 0 Å². The number of esters is 2. The summed E-state index contributed by atoms with van der Waals surface area (Å²) in [4.78, 5) is 19.9. The number of unbranched alkanes of at least 4 members (excludes halogenated alkanes) is 2. The van der Waals surface area contributed by atoms with Crippen molar-refractivity contribution in [2.45, 2.75) is 67.2 Å². The standard InChI is InChI=1S/2C4H8O2S.2C4H10.Sn/c2*1-4(5)6-2-3-7;2*1-3-4-2;/h2*7H,2-3H2,1H3;2*3-4H2,1-2H3;. The maximum Gasteiger partial charge on any atom is 0.302 e. The first kappa shape index (κ1) is 34.7. The predicted octanol–water partition coefficient (Wildman–Crippen LogP) is 4.19. The Hall–Kier alpha value is 0.439. The number of carbonyl (C=O) groups excluding carboxylic acids is 2. The van der Waals surface area contributed by atoms with Gasteiger partial charge in [-0.1, -0.05) is 53.4 Å². The summed E-state index contributed by atoms with van der Waals surface area (Å²) < 4.78 is 8.95. The molecule has 0 aromatic rings. The largest absolute Gasteiger partial charge is 0.465 e. The third-order valence-electron chi connectivity index (χ3n) is 1.79. The van der Waals surface area contributed by atoms with E-state index in [0.29, 0.717) is 24.7 Å². The van der Waals surface area contributed by atoms with E-state index >= 15 is 0 Å². The Kier molecular flexibility index (Phi) is 57.6. The van der Waals surface area contributed by atoms with Gasteiger partial charge >= 0.3 is 11.9 Å². The van der Waals surface area contributed by atoms with Crippen molar-refractivity contribution in [3.05, 3.63) is 0 Å². The molecule has 0 rings (SSSR count). The summed E-state index contributed by atoms with van der Waals surface area (Å²) in [7, 11) is 0. The maximum atomic E-state index is 9.95. The summed E-state index contributed by atoms with van der Waals surface area (Å²) in [6.45, 7) is 12.3. The fourth-order valence-corrected chi connectivity index (χ4v) is 0.561. The van der Waals surface area contributed by atoms with E-state index in [-0.39, 0.29) is 35.8 Å². The molecule has 0 aliphatic heterocycles. The minimum absolute atomic E-state index is 0. The monoisotopic (exact) mass is 476 g/mol. The van der Waals surface area contributed by atoms with Crippen LogP contribution in [0, 0.1) is 0 Å². The molecule has 0 bridgehead atoms. The summed E-state index contributed by atoms with van der Waals surface area (Å²) >= 11 is 7.64. The number of ether oxygens (including phenoxy) is 2. The van der Waals surface area contributed by atoms with Crippen LogP contribution in [0.5, 0.6) is 0 Å². The van der Waals surface area contributed by atoms with Crippen LogP contribution in [-0.2, 0) is 19.1 Å². The Morgan fingerprint density at radius 3 is 0.957 bits per heavy atom. The summed E-state index contributed by atoms with van der Waals surface area (Å²) in [5, 5.41) is 0. The molecule has 0 saturated heterocycles. The van der Waals surface area contributed by atoms with Gasteiger partial charge in [0.15, 0.2) is 0 Å². The zero-order chi connectivity index (χ0) is 18.2. The number of carbonyl (C=O) groups is 2.